The van der Waals surface area contributed by atoms with Crippen LogP contribution in [0.2, 0.25) is 0 Å². The molecule has 1 rings (SSSR count). The quantitative estimate of drug-likeness (QED) is 0.849. The molecule has 1 heterocycles. The predicted molar refractivity (Wildman–Crippen MR) is 72.8 cm³/mol. The van der Waals surface area contributed by atoms with Crippen molar-refractivity contribution in [1.82, 2.24) is 15.2 Å². The molecule has 0 radical (unpaired) electrons. The van der Waals surface area contributed by atoms with Crippen LogP contribution in [-0.4, -0.2) is 29.0 Å². The summed E-state index contributed by atoms with van der Waals surface area (Å²) in [5, 5.41) is 3.46. The van der Waals surface area contributed by atoms with Crippen molar-refractivity contribution in [2.75, 3.05) is 13.6 Å². The first-order chi connectivity index (χ1) is 7.90. The monoisotopic (exact) mass is 235 g/mol. The molecular formula is C14H25N3. The molecule has 0 atom stereocenters. The number of rotatable bonds is 5. The van der Waals surface area contributed by atoms with E-state index in [1.54, 1.807) is 0 Å². The summed E-state index contributed by atoms with van der Waals surface area (Å²) in [5.74, 6) is 0. The maximum absolute atomic E-state index is 4.49. The molecule has 0 saturated carbocycles. The molecule has 3 heteroatoms. The number of aromatic nitrogens is 1. The van der Waals surface area contributed by atoms with Gasteiger partial charge in [0, 0.05) is 24.8 Å². The molecule has 96 valence electrons. The number of nitrogens with one attached hydrogen (secondary N) is 1. The van der Waals surface area contributed by atoms with Gasteiger partial charge in [0.15, 0.2) is 0 Å². The second-order valence-corrected chi connectivity index (χ2v) is 5.59. The third-order valence-corrected chi connectivity index (χ3v) is 2.68. The third-order valence-electron chi connectivity index (χ3n) is 2.68. The Morgan fingerprint density at radius 2 is 2.00 bits per heavy atom. The van der Waals surface area contributed by atoms with Crippen LogP contribution in [0.3, 0.4) is 0 Å². The van der Waals surface area contributed by atoms with E-state index in [1.807, 2.05) is 6.20 Å². The van der Waals surface area contributed by atoms with E-state index in [2.05, 4.69) is 62.1 Å². The van der Waals surface area contributed by atoms with Crippen molar-refractivity contribution in [1.29, 1.82) is 0 Å². The summed E-state index contributed by atoms with van der Waals surface area (Å²) in [6.45, 7) is 11.5. The van der Waals surface area contributed by atoms with Gasteiger partial charge in [0.05, 0.1) is 5.69 Å². The Labute approximate surface area is 105 Å². The number of hydrogen-bond donors (Lipinski definition) is 1. The van der Waals surface area contributed by atoms with Crippen LogP contribution in [0.4, 0.5) is 0 Å². The lowest BCUT2D eigenvalue weighted by molar-refractivity contribution is 0.341. The topological polar surface area (TPSA) is 28.2 Å². The lowest BCUT2D eigenvalue weighted by atomic mass is 10.1. The van der Waals surface area contributed by atoms with Crippen LogP contribution < -0.4 is 5.32 Å². The summed E-state index contributed by atoms with van der Waals surface area (Å²) in [6.07, 6.45) is 1.97. The van der Waals surface area contributed by atoms with E-state index in [-0.39, 0.29) is 5.54 Å². The van der Waals surface area contributed by atoms with Crippen LogP contribution in [0.25, 0.3) is 0 Å². The van der Waals surface area contributed by atoms with Crippen LogP contribution in [-0.2, 0) is 13.1 Å². The average molecular weight is 235 g/mol. The minimum atomic E-state index is 0.154. The molecule has 0 amide bonds. The lowest BCUT2D eigenvalue weighted by Crippen LogP contribution is -2.35. The van der Waals surface area contributed by atoms with Crippen molar-refractivity contribution in [2.24, 2.45) is 0 Å². The molecule has 0 aliphatic rings. The fourth-order valence-corrected chi connectivity index (χ4v) is 1.41. The normalized spacial score (nSPS) is 12.1. The van der Waals surface area contributed by atoms with Gasteiger partial charge in [-0.1, -0.05) is 13.0 Å². The van der Waals surface area contributed by atoms with Crippen molar-refractivity contribution in [3.8, 4) is 0 Å². The number of nitrogens with zero attached hydrogens (tertiary/aromatic N) is 2. The van der Waals surface area contributed by atoms with Crippen molar-refractivity contribution < 1.29 is 0 Å². The van der Waals surface area contributed by atoms with Gasteiger partial charge < -0.3 is 10.2 Å². The molecule has 0 spiro atoms. The maximum atomic E-state index is 4.49. The highest BCUT2D eigenvalue weighted by molar-refractivity contribution is 5.14. The van der Waals surface area contributed by atoms with Gasteiger partial charge >= 0.3 is 0 Å². The minimum Gasteiger partial charge on any atom is -0.308 e. The molecule has 3 nitrogen and oxygen atoms in total. The fraction of sp³-hybridized carbons (Fsp3) is 0.643. The zero-order chi connectivity index (χ0) is 12.9. The smallest absolute Gasteiger partial charge is 0.0544 e. The van der Waals surface area contributed by atoms with E-state index in [0.29, 0.717) is 0 Å². The van der Waals surface area contributed by atoms with E-state index in [0.717, 1.165) is 25.3 Å². The SMILES string of the molecule is CCN(C)Cc1ccc(CNC(C)(C)C)cn1. The summed E-state index contributed by atoms with van der Waals surface area (Å²) in [4.78, 5) is 6.73. The summed E-state index contributed by atoms with van der Waals surface area (Å²) >= 11 is 0. The summed E-state index contributed by atoms with van der Waals surface area (Å²) in [5.41, 5.74) is 2.53. The highest BCUT2D eigenvalue weighted by atomic mass is 15.1. The summed E-state index contributed by atoms with van der Waals surface area (Å²) in [7, 11) is 2.11. The Morgan fingerprint density at radius 1 is 1.29 bits per heavy atom. The molecule has 0 aliphatic carbocycles. The van der Waals surface area contributed by atoms with Gasteiger partial charge in [-0.3, -0.25) is 4.98 Å². The van der Waals surface area contributed by atoms with Crippen molar-refractivity contribution in [3.63, 3.8) is 0 Å². The van der Waals surface area contributed by atoms with Crippen LogP contribution in [0.5, 0.6) is 0 Å². The molecular weight excluding hydrogens is 210 g/mol. The second-order valence-electron chi connectivity index (χ2n) is 5.59. The van der Waals surface area contributed by atoms with Gasteiger partial charge in [-0.15, -0.1) is 0 Å². The largest absolute Gasteiger partial charge is 0.308 e. The van der Waals surface area contributed by atoms with E-state index >= 15 is 0 Å². The molecule has 0 fully saturated rings. The molecule has 0 aromatic carbocycles. The van der Waals surface area contributed by atoms with Crippen molar-refractivity contribution >= 4 is 0 Å². The van der Waals surface area contributed by atoms with Gasteiger partial charge in [-0.25, -0.2) is 0 Å². The predicted octanol–water partition coefficient (Wildman–Crippen LogP) is 2.42. The van der Waals surface area contributed by atoms with Crippen molar-refractivity contribution in [2.45, 2.75) is 46.3 Å². The van der Waals surface area contributed by atoms with Crippen molar-refractivity contribution in [3.05, 3.63) is 29.6 Å². The Kier molecular flexibility index (Phi) is 5.09. The zero-order valence-electron chi connectivity index (χ0n) is 11.7. The Balaban J connectivity index is 2.50. The molecule has 17 heavy (non-hydrogen) atoms. The van der Waals surface area contributed by atoms with Gasteiger partial charge in [-0.05, 0) is 46.0 Å². The van der Waals surface area contributed by atoms with Gasteiger partial charge in [0.2, 0.25) is 0 Å². The zero-order valence-corrected chi connectivity index (χ0v) is 11.7. The fourth-order valence-electron chi connectivity index (χ4n) is 1.41. The van der Waals surface area contributed by atoms with Gasteiger partial charge in [-0.2, -0.15) is 0 Å². The second kappa shape index (κ2) is 6.12. The highest BCUT2D eigenvalue weighted by Gasteiger charge is 2.08. The molecule has 1 aromatic rings. The average Bonchev–Trinajstić information content (AvgIpc) is 2.27. The first-order valence-electron chi connectivity index (χ1n) is 6.28. The molecule has 0 aliphatic heterocycles. The number of hydrogen-bond acceptors (Lipinski definition) is 3. The Bertz CT molecular complexity index is 324. The van der Waals surface area contributed by atoms with E-state index in [1.165, 1.54) is 5.56 Å². The Hall–Kier alpha value is -0.930. The standard InChI is InChI=1S/C14H25N3/c1-6-17(5)11-13-8-7-12(9-15-13)10-16-14(2,3)4/h7-9,16H,6,10-11H2,1-5H3. The third kappa shape index (κ3) is 5.80. The molecule has 1 N–H and O–H groups in total. The van der Waals surface area contributed by atoms with Gasteiger partial charge in [0.25, 0.3) is 0 Å². The van der Waals surface area contributed by atoms with Crippen LogP contribution in [0.15, 0.2) is 18.3 Å². The molecule has 1 aromatic heterocycles. The van der Waals surface area contributed by atoms with E-state index in [9.17, 15) is 0 Å². The molecule has 0 bridgehead atoms. The number of pyridine rings is 1. The highest BCUT2D eigenvalue weighted by Crippen LogP contribution is 2.05. The Morgan fingerprint density at radius 3 is 2.47 bits per heavy atom. The van der Waals surface area contributed by atoms with Crippen LogP contribution in [0.1, 0.15) is 39.0 Å². The van der Waals surface area contributed by atoms with Crippen LogP contribution >= 0.6 is 0 Å². The van der Waals surface area contributed by atoms with Crippen LogP contribution in [0, 0.1) is 0 Å². The maximum Gasteiger partial charge on any atom is 0.0544 e. The molecule has 0 unspecified atom stereocenters. The van der Waals surface area contributed by atoms with E-state index < -0.39 is 0 Å². The minimum absolute atomic E-state index is 0.154. The lowest BCUT2D eigenvalue weighted by Gasteiger charge is -2.20. The molecule has 0 saturated heterocycles. The van der Waals surface area contributed by atoms with E-state index in [4.69, 9.17) is 0 Å². The first kappa shape index (κ1) is 14.1. The first-order valence-corrected chi connectivity index (χ1v) is 6.28. The summed E-state index contributed by atoms with van der Waals surface area (Å²) < 4.78 is 0. The summed E-state index contributed by atoms with van der Waals surface area (Å²) in [6, 6.07) is 4.27. The van der Waals surface area contributed by atoms with Gasteiger partial charge in [0.1, 0.15) is 0 Å².